The molecule has 1 aromatic rings. The van der Waals surface area contributed by atoms with Gasteiger partial charge in [-0.1, -0.05) is 48.0 Å². The van der Waals surface area contributed by atoms with Crippen LogP contribution in [0.2, 0.25) is 0 Å². The first-order valence-electron chi connectivity index (χ1n) is 7.88. The van der Waals surface area contributed by atoms with Crippen LogP contribution in [0.3, 0.4) is 0 Å². The molecule has 0 saturated heterocycles. The Bertz CT molecular complexity index is 740. The number of dihydropyridines is 1. The predicted octanol–water partition coefficient (Wildman–Crippen LogP) is 4.03. The summed E-state index contributed by atoms with van der Waals surface area (Å²) in [5, 5.41) is 0.603. The van der Waals surface area contributed by atoms with Gasteiger partial charge >= 0.3 is 0 Å². The third-order valence-corrected chi connectivity index (χ3v) is 4.45. The number of benzene rings is 1. The molecule has 3 nitrogen and oxygen atoms in total. The van der Waals surface area contributed by atoms with Crippen molar-refractivity contribution < 1.29 is 4.79 Å². The number of allylic oxidation sites excluding steroid dienone is 5. The van der Waals surface area contributed by atoms with Crippen LogP contribution < -0.4 is 0 Å². The third-order valence-electron chi connectivity index (χ3n) is 4.22. The second kappa shape index (κ2) is 6.55. The Morgan fingerprint density at radius 3 is 2.52 bits per heavy atom. The number of likely N-dealkylation sites (N-methyl/N-ethyl adjacent to an activating group) is 1. The van der Waals surface area contributed by atoms with Gasteiger partial charge in [-0.2, -0.15) is 0 Å². The van der Waals surface area contributed by atoms with Crippen LogP contribution in [0.4, 0.5) is 0 Å². The van der Waals surface area contributed by atoms with Gasteiger partial charge in [0.2, 0.25) is 0 Å². The average molecular weight is 327 g/mol. The largest absolute Gasteiger partial charge is 0.367 e. The molecule has 0 aromatic heterocycles. The zero-order valence-electron chi connectivity index (χ0n) is 13.3. The summed E-state index contributed by atoms with van der Waals surface area (Å²) in [6, 6.07) is 10.1. The van der Waals surface area contributed by atoms with Crippen LogP contribution in [0.1, 0.15) is 19.4 Å². The van der Waals surface area contributed by atoms with Gasteiger partial charge in [0.15, 0.2) is 0 Å². The van der Waals surface area contributed by atoms with E-state index >= 15 is 0 Å². The Morgan fingerprint density at radius 1 is 1.17 bits per heavy atom. The number of carbonyl (C=O) groups is 1. The maximum absolute atomic E-state index is 12.7. The summed E-state index contributed by atoms with van der Waals surface area (Å²) in [6.07, 6.45) is 5.69. The molecular formula is C19H19ClN2O. The van der Waals surface area contributed by atoms with E-state index in [1.807, 2.05) is 42.5 Å². The zero-order valence-corrected chi connectivity index (χ0v) is 14.0. The van der Waals surface area contributed by atoms with Gasteiger partial charge in [0.1, 0.15) is 5.70 Å². The quantitative estimate of drug-likeness (QED) is 0.837. The van der Waals surface area contributed by atoms with Gasteiger partial charge in [-0.05, 0) is 31.6 Å². The summed E-state index contributed by atoms with van der Waals surface area (Å²) in [5.74, 6) is -0.219. The van der Waals surface area contributed by atoms with E-state index in [9.17, 15) is 4.79 Å². The zero-order chi connectivity index (χ0) is 16.4. The number of hydrogen-bond donors (Lipinski definition) is 0. The van der Waals surface area contributed by atoms with Crippen molar-refractivity contribution in [3.8, 4) is 0 Å². The van der Waals surface area contributed by atoms with E-state index in [0.29, 0.717) is 10.7 Å². The fraction of sp³-hybridized carbons (Fsp3) is 0.263. The molecule has 1 heterocycles. The first kappa shape index (κ1) is 15.8. The molecule has 1 amide bonds. The average Bonchev–Trinajstić information content (AvgIpc) is 2.57. The molecule has 0 radical (unpaired) electrons. The van der Waals surface area contributed by atoms with E-state index in [1.165, 1.54) is 0 Å². The van der Waals surface area contributed by atoms with Gasteiger partial charge in [-0.25, -0.2) is 4.99 Å². The molecule has 1 aromatic carbocycles. The molecule has 1 aliphatic carbocycles. The summed E-state index contributed by atoms with van der Waals surface area (Å²) in [5.41, 5.74) is 3.49. The van der Waals surface area contributed by atoms with E-state index < -0.39 is 0 Å². The van der Waals surface area contributed by atoms with Crippen LogP contribution in [-0.2, 0) is 4.79 Å². The normalized spacial score (nSPS) is 20.1. The van der Waals surface area contributed by atoms with Gasteiger partial charge in [0, 0.05) is 29.6 Å². The third kappa shape index (κ3) is 2.89. The predicted molar refractivity (Wildman–Crippen MR) is 95.3 cm³/mol. The van der Waals surface area contributed by atoms with Crippen molar-refractivity contribution in [1.82, 2.24) is 4.90 Å². The second-order valence-corrected chi connectivity index (χ2v) is 5.94. The molecule has 2 aliphatic rings. The number of carbonyl (C=O) groups excluding carboxylic acids is 1. The lowest BCUT2D eigenvalue weighted by Gasteiger charge is -2.32. The Morgan fingerprint density at radius 2 is 1.87 bits per heavy atom. The highest BCUT2D eigenvalue weighted by molar-refractivity contribution is 6.34. The minimum atomic E-state index is -0.185. The van der Waals surface area contributed by atoms with Gasteiger partial charge < -0.3 is 4.90 Å². The fourth-order valence-corrected chi connectivity index (χ4v) is 3.31. The summed E-state index contributed by atoms with van der Waals surface area (Å²) in [7, 11) is 0. The van der Waals surface area contributed by atoms with Crippen molar-refractivity contribution in [2.45, 2.75) is 13.8 Å². The first-order valence-corrected chi connectivity index (χ1v) is 8.26. The van der Waals surface area contributed by atoms with Crippen molar-refractivity contribution >= 4 is 28.8 Å². The summed E-state index contributed by atoms with van der Waals surface area (Å²) in [4.78, 5) is 19.1. The fourth-order valence-electron chi connectivity index (χ4n) is 3.12. The lowest BCUT2D eigenvalue weighted by Crippen LogP contribution is -2.34. The van der Waals surface area contributed by atoms with Gasteiger partial charge in [-0.3, -0.25) is 4.79 Å². The van der Waals surface area contributed by atoms with E-state index in [1.54, 1.807) is 6.08 Å². The monoisotopic (exact) mass is 326 g/mol. The van der Waals surface area contributed by atoms with Crippen molar-refractivity contribution in [3.63, 3.8) is 0 Å². The minimum absolute atomic E-state index is 0.0341. The Hall–Kier alpha value is -2.13. The molecule has 1 aliphatic heterocycles. The molecule has 23 heavy (non-hydrogen) atoms. The molecule has 0 bridgehead atoms. The molecule has 1 atom stereocenters. The van der Waals surface area contributed by atoms with Crippen LogP contribution in [0.5, 0.6) is 0 Å². The van der Waals surface area contributed by atoms with Gasteiger partial charge in [0.05, 0.1) is 5.71 Å². The van der Waals surface area contributed by atoms with Crippen molar-refractivity contribution in [1.29, 1.82) is 0 Å². The highest BCUT2D eigenvalue weighted by atomic mass is 35.5. The molecular weight excluding hydrogens is 308 g/mol. The number of nitrogens with zero attached hydrogens (tertiary/aromatic N) is 2. The van der Waals surface area contributed by atoms with Crippen LogP contribution in [0, 0.1) is 5.92 Å². The SMILES string of the molecule is CCN(CC)C1=C(c2ccccc2)C2C=CC(Cl)=CC2=NC1=O. The molecule has 3 rings (SSSR count). The van der Waals surface area contributed by atoms with Crippen LogP contribution >= 0.6 is 11.6 Å². The summed E-state index contributed by atoms with van der Waals surface area (Å²) >= 11 is 6.09. The summed E-state index contributed by atoms with van der Waals surface area (Å²) < 4.78 is 0. The van der Waals surface area contributed by atoms with Crippen LogP contribution in [-0.4, -0.2) is 29.6 Å². The minimum Gasteiger partial charge on any atom is -0.367 e. The maximum Gasteiger partial charge on any atom is 0.293 e. The number of rotatable bonds is 4. The number of fused-ring (bicyclic) bond motifs is 1. The smallest absolute Gasteiger partial charge is 0.293 e. The number of hydrogen-bond acceptors (Lipinski definition) is 2. The second-order valence-electron chi connectivity index (χ2n) is 5.51. The molecule has 0 spiro atoms. The van der Waals surface area contributed by atoms with E-state index in [4.69, 9.17) is 11.6 Å². The highest BCUT2D eigenvalue weighted by Gasteiger charge is 2.33. The van der Waals surface area contributed by atoms with Crippen molar-refractivity contribution in [2.24, 2.45) is 10.9 Å². The molecule has 0 fully saturated rings. The van der Waals surface area contributed by atoms with Gasteiger partial charge in [0.25, 0.3) is 5.91 Å². The van der Waals surface area contributed by atoms with E-state index in [-0.39, 0.29) is 11.8 Å². The Balaban J connectivity index is 2.21. The number of amides is 1. The first-order chi connectivity index (χ1) is 11.2. The Kier molecular flexibility index (Phi) is 4.49. The number of aliphatic imine (C=N–C) groups is 1. The van der Waals surface area contributed by atoms with Crippen molar-refractivity contribution in [2.75, 3.05) is 13.1 Å². The number of halogens is 1. The van der Waals surface area contributed by atoms with Gasteiger partial charge in [-0.15, -0.1) is 0 Å². The highest BCUT2D eigenvalue weighted by Crippen LogP contribution is 2.37. The topological polar surface area (TPSA) is 32.7 Å². The maximum atomic E-state index is 12.7. The molecule has 1 unspecified atom stereocenters. The van der Waals surface area contributed by atoms with Crippen molar-refractivity contribution in [3.05, 3.63) is 64.9 Å². The standard InChI is InChI=1S/C19H19ClN2O/c1-3-22(4-2)18-17(13-8-6-5-7-9-13)15-11-10-14(20)12-16(15)21-19(18)23/h5-12,15H,3-4H2,1-2H3. The van der Waals surface area contributed by atoms with Crippen LogP contribution in [0.25, 0.3) is 5.57 Å². The molecule has 4 heteroatoms. The van der Waals surface area contributed by atoms with E-state index in [2.05, 4.69) is 23.7 Å². The molecule has 0 N–H and O–H groups in total. The lowest BCUT2D eigenvalue weighted by molar-refractivity contribution is -0.115. The molecule has 118 valence electrons. The Labute approximate surface area is 141 Å². The summed E-state index contributed by atoms with van der Waals surface area (Å²) in [6.45, 7) is 5.65. The molecule has 0 saturated carbocycles. The van der Waals surface area contributed by atoms with Crippen LogP contribution in [0.15, 0.2) is 64.3 Å². The van der Waals surface area contributed by atoms with E-state index in [0.717, 1.165) is 29.9 Å². The lowest BCUT2D eigenvalue weighted by atomic mass is 9.82.